The predicted molar refractivity (Wildman–Crippen MR) is 123 cm³/mol. The summed E-state index contributed by atoms with van der Waals surface area (Å²) in [5.41, 5.74) is 1.80. The smallest absolute Gasteiger partial charge is 0.234 e. The zero-order valence-electron chi connectivity index (χ0n) is 17.7. The Kier molecular flexibility index (Phi) is 8.20. The fourth-order valence-electron chi connectivity index (χ4n) is 2.86. The van der Waals surface area contributed by atoms with Gasteiger partial charge in [-0.15, -0.1) is 10.2 Å². The Labute approximate surface area is 191 Å². The molecular formula is C22H25ClN4O3S. The second-order valence-corrected chi connectivity index (χ2v) is 8.04. The first-order valence-corrected chi connectivity index (χ1v) is 11.3. The van der Waals surface area contributed by atoms with Gasteiger partial charge >= 0.3 is 0 Å². The molecule has 0 unspecified atom stereocenters. The summed E-state index contributed by atoms with van der Waals surface area (Å²) in [5.74, 6) is 2.14. The van der Waals surface area contributed by atoms with Crippen molar-refractivity contribution >= 4 is 35.0 Å². The van der Waals surface area contributed by atoms with Crippen LogP contribution in [0.1, 0.15) is 25.2 Å². The molecule has 164 valence electrons. The van der Waals surface area contributed by atoms with E-state index in [1.165, 1.54) is 11.8 Å². The Hall–Kier alpha value is -2.71. The number of carbonyl (C=O) groups is 1. The van der Waals surface area contributed by atoms with Crippen molar-refractivity contribution in [3.63, 3.8) is 0 Å². The van der Waals surface area contributed by atoms with Gasteiger partial charge in [0.15, 0.2) is 22.5 Å². The van der Waals surface area contributed by atoms with Crippen LogP contribution in [-0.2, 0) is 17.9 Å². The van der Waals surface area contributed by atoms with Crippen LogP contribution < -0.4 is 14.8 Å². The van der Waals surface area contributed by atoms with E-state index in [0.717, 1.165) is 5.56 Å². The van der Waals surface area contributed by atoms with Gasteiger partial charge in [-0.1, -0.05) is 29.4 Å². The second kappa shape index (κ2) is 11.1. The van der Waals surface area contributed by atoms with Crippen LogP contribution in [0, 0.1) is 6.92 Å². The summed E-state index contributed by atoms with van der Waals surface area (Å²) in [6.07, 6.45) is 0. The van der Waals surface area contributed by atoms with Gasteiger partial charge in [-0.2, -0.15) is 0 Å². The van der Waals surface area contributed by atoms with Gasteiger partial charge in [-0.25, -0.2) is 0 Å². The van der Waals surface area contributed by atoms with Crippen molar-refractivity contribution in [2.75, 3.05) is 17.7 Å². The van der Waals surface area contributed by atoms with Gasteiger partial charge in [0.25, 0.3) is 0 Å². The van der Waals surface area contributed by atoms with E-state index in [2.05, 4.69) is 15.5 Å². The minimum atomic E-state index is -0.128. The van der Waals surface area contributed by atoms with Gasteiger partial charge in [-0.05, 0) is 62.7 Å². The fourth-order valence-corrected chi connectivity index (χ4v) is 3.80. The zero-order chi connectivity index (χ0) is 22.2. The van der Waals surface area contributed by atoms with Crippen LogP contribution in [0.3, 0.4) is 0 Å². The summed E-state index contributed by atoms with van der Waals surface area (Å²) in [7, 11) is 0. The van der Waals surface area contributed by atoms with Gasteiger partial charge in [0.1, 0.15) is 6.61 Å². The van der Waals surface area contributed by atoms with E-state index in [4.69, 9.17) is 21.1 Å². The van der Waals surface area contributed by atoms with Crippen LogP contribution in [0.15, 0.2) is 47.6 Å². The average molecular weight is 461 g/mol. The standard InChI is InChI=1S/C22H25ClN4O3S/c1-4-27-20(13-30-18-11-6-15(3)12-19(18)29-5-2)25-26-22(27)31-14-21(28)24-17-9-7-16(23)8-10-17/h6-12H,4-5,13-14H2,1-3H3,(H,24,28). The molecule has 1 aromatic heterocycles. The Morgan fingerprint density at radius 3 is 2.58 bits per heavy atom. The number of anilines is 1. The van der Waals surface area contributed by atoms with Crippen LogP contribution in [0.2, 0.25) is 5.02 Å². The maximum Gasteiger partial charge on any atom is 0.234 e. The summed E-state index contributed by atoms with van der Waals surface area (Å²) < 4.78 is 13.6. The average Bonchev–Trinajstić information content (AvgIpc) is 3.15. The summed E-state index contributed by atoms with van der Waals surface area (Å²) in [5, 5.41) is 12.6. The third-order valence-corrected chi connectivity index (χ3v) is 5.54. The van der Waals surface area contributed by atoms with Gasteiger partial charge in [0, 0.05) is 17.3 Å². The molecule has 1 heterocycles. The molecule has 0 spiro atoms. The van der Waals surface area contributed by atoms with E-state index in [9.17, 15) is 4.79 Å². The molecule has 1 N–H and O–H groups in total. The lowest BCUT2D eigenvalue weighted by Gasteiger charge is -2.13. The molecule has 0 saturated carbocycles. The van der Waals surface area contributed by atoms with E-state index in [0.29, 0.717) is 46.3 Å². The van der Waals surface area contributed by atoms with Crippen molar-refractivity contribution in [3.8, 4) is 11.5 Å². The number of hydrogen-bond donors (Lipinski definition) is 1. The van der Waals surface area contributed by atoms with E-state index in [1.54, 1.807) is 24.3 Å². The minimum Gasteiger partial charge on any atom is -0.490 e. The number of rotatable bonds is 10. The lowest BCUT2D eigenvalue weighted by Crippen LogP contribution is -2.14. The van der Waals surface area contributed by atoms with Crippen molar-refractivity contribution in [1.82, 2.24) is 14.8 Å². The number of thioether (sulfide) groups is 1. The molecule has 0 bridgehead atoms. The monoisotopic (exact) mass is 460 g/mol. The first-order valence-electron chi connectivity index (χ1n) is 9.96. The lowest BCUT2D eigenvalue weighted by atomic mass is 10.2. The van der Waals surface area contributed by atoms with Crippen LogP contribution in [0.5, 0.6) is 11.5 Å². The lowest BCUT2D eigenvalue weighted by molar-refractivity contribution is -0.113. The van der Waals surface area contributed by atoms with E-state index >= 15 is 0 Å². The number of benzene rings is 2. The molecule has 0 aliphatic heterocycles. The predicted octanol–water partition coefficient (Wildman–Crippen LogP) is 4.97. The highest BCUT2D eigenvalue weighted by molar-refractivity contribution is 7.99. The van der Waals surface area contributed by atoms with Crippen LogP contribution >= 0.6 is 23.4 Å². The van der Waals surface area contributed by atoms with Gasteiger partial charge < -0.3 is 19.4 Å². The molecule has 1 amide bonds. The Morgan fingerprint density at radius 1 is 1.10 bits per heavy atom. The topological polar surface area (TPSA) is 78.3 Å². The first kappa shape index (κ1) is 23.0. The van der Waals surface area contributed by atoms with Crippen molar-refractivity contribution in [2.45, 2.75) is 39.1 Å². The largest absolute Gasteiger partial charge is 0.490 e. The van der Waals surface area contributed by atoms with Crippen LogP contribution in [0.25, 0.3) is 0 Å². The minimum absolute atomic E-state index is 0.128. The summed E-state index contributed by atoms with van der Waals surface area (Å²) >= 11 is 7.20. The summed E-state index contributed by atoms with van der Waals surface area (Å²) in [4.78, 5) is 12.3. The maximum atomic E-state index is 12.3. The normalized spacial score (nSPS) is 10.7. The molecule has 0 atom stereocenters. The Morgan fingerprint density at radius 2 is 1.87 bits per heavy atom. The number of hydrogen-bond acceptors (Lipinski definition) is 6. The molecule has 9 heteroatoms. The number of carbonyl (C=O) groups excluding carboxylic acids is 1. The quantitative estimate of drug-likeness (QED) is 0.430. The highest BCUT2D eigenvalue weighted by Gasteiger charge is 2.15. The van der Waals surface area contributed by atoms with Gasteiger partial charge in [0.2, 0.25) is 5.91 Å². The number of aryl methyl sites for hydroxylation is 1. The summed E-state index contributed by atoms with van der Waals surface area (Å²) in [6.45, 7) is 7.42. The van der Waals surface area contributed by atoms with Crippen molar-refractivity contribution in [1.29, 1.82) is 0 Å². The van der Waals surface area contributed by atoms with Crippen LogP contribution in [0.4, 0.5) is 5.69 Å². The SMILES string of the molecule is CCOc1cc(C)ccc1OCc1nnc(SCC(=O)Nc2ccc(Cl)cc2)n1CC. The maximum absolute atomic E-state index is 12.3. The molecular weight excluding hydrogens is 436 g/mol. The Balaban J connectivity index is 1.60. The first-order chi connectivity index (χ1) is 15.0. The van der Waals surface area contributed by atoms with Crippen molar-refractivity contribution in [3.05, 3.63) is 58.9 Å². The number of halogens is 1. The third kappa shape index (κ3) is 6.38. The zero-order valence-corrected chi connectivity index (χ0v) is 19.3. The van der Waals surface area contributed by atoms with E-state index < -0.39 is 0 Å². The highest BCUT2D eigenvalue weighted by atomic mass is 35.5. The number of nitrogens with one attached hydrogen (secondary N) is 1. The fraction of sp³-hybridized carbons (Fsp3) is 0.318. The molecule has 7 nitrogen and oxygen atoms in total. The molecule has 3 rings (SSSR count). The highest BCUT2D eigenvalue weighted by Crippen LogP contribution is 2.29. The van der Waals surface area contributed by atoms with Crippen LogP contribution in [-0.4, -0.2) is 33.0 Å². The third-order valence-electron chi connectivity index (χ3n) is 4.33. The number of nitrogens with zero attached hydrogens (tertiary/aromatic N) is 3. The van der Waals surface area contributed by atoms with E-state index in [-0.39, 0.29) is 18.3 Å². The molecule has 2 aromatic carbocycles. The second-order valence-electron chi connectivity index (χ2n) is 6.66. The molecule has 0 saturated heterocycles. The number of amides is 1. The molecule has 0 fully saturated rings. The summed E-state index contributed by atoms with van der Waals surface area (Å²) in [6, 6.07) is 12.8. The van der Waals surface area contributed by atoms with E-state index in [1.807, 2.05) is 43.5 Å². The molecule has 0 aliphatic rings. The molecule has 0 aliphatic carbocycles. The number of aromatic nitrogens is 3. The van der Waals surface area contributed by atoms with Gasteiger partial charge in [0.05, 0.1) is 12.4 Å². The molecule has 0 radical (unpaired) electrons. The molecule has 3 aromatic rings. The molecule has 31 heavy (non-hydrogen) atoms. The number of ether oxygens (including phenoxy) is 2. The Bertz CT molecular complexity index is 1020. The van der Waals surface area contributed by atoms with Crippen molar-refractivity contribution in [2.24, 2.45) is 0 Å². The van der Waals surface area contributed by atoms with Gasteiger partial charge in [-0.3, -0.25) is 4.79 Å². The van der Waals surface area contributed by atoms with Crippen molar-refractivity contribution < 1.29 is 14.3 Å².